The van der Waals surface area contributed by atoms with E-state index < -0.39 is 24.3 Å². The Morgan fingerprint density at radius 1 is 0.419 bits per heavy atom. The van der Waals surface area contributed by atoms with Gasteiger partial charge in [-0.05, 0) is 57.8 Å². The molecule has 0 aromatic heterocycles. The molecule has 0 aliphatic rings. The average molecular weight is 1040 g/mol. The maximum absolute atomic E-state index is 12.9. The van der Waals surface area contributed by atoms with Crippen molar-refractivity contribution >= 4 is 17.9 Å². The number of likely N-dealkylation sites (N-methyl/N-ethyl adjacent to an activating group) is 1. The molecule has 9 heteroatoms. The van der Waals surface area contributed by atoms with Crippen LogP contribution >= 0.6 is 0 Å². The zero-order valence-electron chi connectivity index (χ0n) is 49.0. The van der Waals surface area contributed by atoms with E-state index in [9.17, 15) is 19.5 Å². The third-order valence-corrected chi connectivity index (χ3v) is 13.5. The number of hydrogen-bond acceptors (Lipinski definition) is 8. The molecule has 0 heterocycles. The number of allylic oxidation sites excluding steroid dienone is 10. The second-order valence-corrected chi connectivity index (χ2v) is 22.0. The number of quaternary nitrogens is 1. The summed E-state index contributed by atoms with van der Waals surface area (Å²) in [5.74, 6) is -2.27. The van der Waals surface area contributed by atoms with Crippen LogP contribution in [0, 0.1) is 0 Å². The van der Waals surface area contributed by atoms with Gasteiger partial charge in [0.25, 0.3) is 0 Å². The van der Waals surface area contributed by atoms with Crippen LogP contribution in [0.25, 0.3) is 0 Å². The van der Waals surface area contributed by atoms with Crippen LogP contribution < -0.4 is 5.11 Å². The Morgan fingerprint density at radius 2 is 0.770 bits per heavy atom. The van der Waals surface area contributed by atoms with E-state index in [2.05, 4.69) is 74.6 Å². The first-order valence-electron chi connectivity index (χ1n) is 30.9. The molecule has 0 N–H and O–H groups in total. The molecule has 2 atom stereocenters. The number of hydrogen-bond donors (Lipinski definition) is 0. The third-order valence-electron chi connectivity index (χ3n) is 13.5. The Hall–Kier alpha value is -3.01. The fraction of sp³-hybridized carbons (Fsp3) is 0.800. The third kappa shape index (κ3) is 56.7. The number of unbranched alkanes of at least 4 members (excludes halogenated alkanes) is 32. The van der Waals surface area contributed by atoms with Crippen LogP contribution in [0.5, 0.6) is 0 Å². The van der Waals surface area contributed by atoms with E-state index in [0.29, 0.717) is 23.9 Å². The Balaban J connectivity index is 4.04. The van der Waals surface area contributed by atoms with Crippen molar-refractivity contribution in [2.45, 2.75) is 289 Å². The Labute approximate surface area is 456 Å². The number of nitrogens with zero attached hydrogens (tertiary/aromatic N) is 1. The summed E-state index contributed by atoms with van der Waals surface area (Å²) in [5, 5.41) is 11.8. The van der Waals surface area contributed by atoms with Gasteiger partial charge in [0.1, 0.15) is 13.2 Å². The van der Waals surface area contributed by atoms with Gasteiger partial charge < -0.3 is 33.3 Å². The first-order chi connectivity index (χ1) is 36.1. The van der Waals surface area contributed by atoms with Gasteiger partial charge in [-0.3, -0.25) is 9.59 Å². The van der Waals surface area contributed by atoms with E-state index in [0.717, 1.165) is 64.2 Å². The SMILES string of the molecule is CC/C=C\C/C=C\C/C=C\C/C=C\C/C=C\CCCCCCCCCCCCCCCCCCCCCC(=O)OC(COC(=O)CCCCCCCCCCCCCCCC)COC(OCC[N+](C)(C)C)C(=O)[O-]. The van der Waals surface area contributed by atoms with E-state index in [-0.39, 0.29) is 32.2 Å². The monoisotopic (exact) mass is 1040 g/mol. The molecule has 0 aromatic rings. The molecule has 0 radical (unpaired) electrons. The Bertz CT molecular complexity index is 1400. The quantitative estimate of drug-likeness (QED) is 0.0195. The molecule has 0 fully saturated rings. The van der Waals surface area contributed by atoms with Crippen molar-refractivity contribution in [2.24, 2.45) is 0 Å². The molecule has 0 bridgehead atoms. The highest BCUT2D eigenvalue weighted by molar-refractivity contribution is 5.70. The Kier molecular flexibility index (Phi) is 53.9. The van der Waals surface area contributed by atoms with E-state index in [4.69, 9.17) is 18.9 Å². The lowest BCUT2D eigenvalue weighted by Gasteiger charge is -2.26. The zero-order chi connectivity index (χ0) is 54.1. The van der Waals surface area contributed by atoms with Crippen LogP contribution in [-0.4, -0.2) is 82.3 Å². The molecule has 9 nitrogen and oxygen atoms in total. The van der Waals surface area contributed by atoms with Gasteiger partial charge in [-0.2, -0.15) is 0 Å². The fourth-order valence-corrected chi connectivity index (χ4v) is 8.80. The maximum Gasteiger partial charge on any atom is 0.306 e. The minimum absolute atomic E-state index is 0.149. The van der Waals surface area contributed by atoms with Crippen LogP contribution in [0.4, 0.5) is 0 Å². The summed E-state index contributed by atoms with van der Waals surface area (Å²) in [5.41, 5.74) is 0. The van der Waals surface area contributed by atoms with Crippen LogP contribution in [-0.2, 0) is 33.3 Å². The lowest BCUT2D eigenvalue weighted by atomic mass is 10.0. The standard InChI is InChI=1S/C65H117NO8/c1-6-8-10-12-14-16-18-20-22-23-24-25-26-27-28-29-30-31-32-33-34-35-36-37-38-39-40-41-42-44-46-48-50-52-54-56-63(68)74-61(60-73-65(64(69)70)71-58-57-66(3,4)5)59-72-62(67)55-53-51-49-47-45-43-21-19-17-15-13-11-9-7-2/h8,10,14,16,20,22,24-25,27-28,61,65H,6-7,9,11-13,15,17-19,21,23,26,29-60H2,1-5H3/b10-8-,16-14-,22-20-,25-24-,28-27-. The molecule has 0 aliphatic heterocycles. The second-order valence-electron chi connectivity index (χ2n) is 22.0. The smallest absolute Gasteiger partial charge is 0.306 e. The summed E-state index contributed by atoms with van der Waals surface area (Å²) in [4.78, 5) is 37.3. The molecule has 0 amide bonds. The van der Waals surface area contributed by atoms with Crippen LogP contribution in [0.15, 0.2) is 60.8 Å². The summed E-state index contributed by atoms with van der Waals surface area (Å²) in [7, 11) is 5.93. The number of aliphatic carboxylic acids is 1. The first-order valence-corrected chi connectivity index (χ1v) is 30.9. The second kappa shape index (κ2) is 56.2. The van der Waals surface area contributed by atoms with Crippen LogP contribution in [0.1, 0.15) is 277 Å². The molecular formula is C65H117NO8. The number of ether oxygens (including phenoxy) is 4. The largest absolute Gasteiger partial charge is 0.545 e. The molecule has 0 rings (SSSR count). The van der Waals surface area contributed by atoms with E-state index in [1.54, 1.807) is 0 Å². The average Bonchev–Trinajstić information content (AvgIpc) is 3.37. The minimum Gasteiger partial charge on any atom is -0.545 e. The van der Waals surface area contributed by atoms with Crippen molar-refractivity contribution in [3.05, 3.63) is 60.8 Å². The van der Waals surface area contributed by atoms with Crippen molar-refractivity contribution in [1.82, 2.24) is 0 Å². The molecule has 0 saturated carbocycles. The molecule has 430 valence electrons. The molecule has 74 heavy (non-hydrogen) atoms. The van der Waals surface area contributed by atoms with Gasteiger partial charge in [-0.15, -0.1) is 0 Å². The number of rotatable bonds is 57. The van der Waals surface area contributed by atoms with Gasteiger partial charge >= 0.3 is 11.9 Å². The molecule has 0 aliphatic carbocycles. The van der Waals surface area contributed by atoms with E-state index in [1.807, 2.05) is 21.1 Å². The van der Waals surface area contributed by atoms with Crippen LogP contribution in [0.3, 0.4) is 0 Å². The van der Waals surface area contributed by atoms with Crippen molar-refractivity contribution in [1.29, 1.82) is 0 Å². The molecule has 0 saturated heterocycles. The maximum atomic E-state index is 12.9. The molecule has 2 unspecified atom stereocenters. The molecule has 0 spiro atoms. The van der Waals surface area contributed by atoms with Crippen molar-refractivity contribution < 1.29 is 42.9 Å². The van der Waals surface area contributed by atoms with Crippen LogP contribution in [0.2, 0.25) is 0 Å². The molecular weight excluding hydrogens is 923 g/mol. The zero-order valence-corrected chi connectivity index (χ0v) is 49.0. The van der Waals surface area contributed by atoms with Gasteiger partial charge in [-0.1, -0.05) is 267 Å². The minimum atomic E-state index is -1.62. The first kappa shape index (κ1) is 71.0. The number of esters is 2. The molecule has 0 aromatic carbocycles. The van der Waals surface area contributed by atoms with Gasteiger partial charge in [0.15, 0.2) is 12.4 Å². The normalized spacial score (nSPS) is 13.1. The number of carbonyl (C=O) groups is 3. The fourth-order valence-electron chi connectivity index (χ4n) is 8.80. The van der Waals surface area contributed by atoms with Gasteiger partial charge in [0, 0.05) is 12.8 Å². The van der Waals surface area contributed by atoms with E-state index >= 15 is 0 Å². The van der Waals surface area contributed by atoms with Gasteiger partial charge in [0.05, 0.1) is 40.3 Å². The summed E-state index contributed by atoms with van der Waals surface area (Å²) in [6.45, 7) is 4.66. The number of carboxylic acid groups (broad SMARTS) is 1. The topological polar surface area (TPSA) is 111 Å². The van der Waals surface area contributed by atoms with Crippen molar-refractivity contribution in [3.63, 3.8) is 0 Å². The van der Waals surface area contributed by atoms with E-state index in [1.165, 1.54) is 180 Å². The highest BCUT2D eigenvalue weighted by atomic mass is 16.7. The van der Waals surface area contributed by atoms with Crippen molar-refractivity contribution in [3.8, 4) is 0 Å². The van der Waals surface area contributed by atoms with Gasteiger partial charge in [0.2, 0.25) is 0 Å². The summed E-state index contributed by atoms with van der Waals surface area (Å²) < 4.78 is 22.7. The predicted molar refractivity (Wildman–Crippen MR) is 311 cm³/mol. The summed E-state index contributed by atoms with van der Waals surface area (Å²) in [6.07, 6.45) is 68.6. The number of carboxylic acids is 1. The highest BCUT2D eigenvalue weighted by Crippen LogP contribution is 2.17. The predicted octanol–water partition coefficient (Wildman–Crippen LogP) is 17.1. The summed E-state index contributed by atoms with van der Waals surface area (Å²) in [6, 6.07) is 0. The van der Waals surface area contributed by atoms with Crippen molar-refractivity contribution in [2.75, 3.05) is 47.5 Å². The highest BCUT2D eigenvalue weighted by Gasteiger charge is 2.22. The number of carbonyl (C=O) groups excluding carboxylic acids is 3. The summed E-state index contributed by atoms with van der Waals surface area (Å²) >= 11 is 0. The Morgan fingerprint density at radius 3 is 1.15 bits per heavy atom. The lowest BCUT2D eigenvalue weighted by molar-refractivity contribution is -0.870. The van der Waals surface area contributed by atoms with Gasteiger partial charge in [-0.25, -0.2) is 0 Å². The lowest BCUT2D eigenvalue weighted by Crippen LogP contribution is -2.44.